The summed E-state index contributed by atoms with van der Waals surface area (Å²) in [6.07, 6.45) is 1.40. The number of fused-ring (bicyclic) bond motifs is 1. The van der Waals surface area contributed by atoms with E-state index in [0.717, 1.165) is 4.31 Å². The van der Waals surface area contributed by atoms with E-state index in [9.17, 15) is 17.6 Å². The van der Waals surface area contributed by atoms with Crippen molar-refractivity contribution in [3.05, 3.63) is 64.3 Å². The predicted octanol–water partition coefficient (Wildman–Crippen LogP) is 1.65. The van der Waals surface area contributed by atoms with Gasteiger partial charge in [0.25, 0.3) is 0 Å². The number of benzene rings is 1. The molecule has 29 heavy (non-hydrogen) atoms. The molecule has 4 N–H and O–H groups in total. The topological polar surface area (TPSA) is 103 Å². The number of quaternary nitrogens is 1. The van der Waals surface area contributed by atoms with Gasteiger partial charge in [-0.3, -0.25) is 4.79 Å². The van der Waals surface area contributed by atoms with E-state index in [1.807, 2.05) is 6.92 Å². The highest BCUT2D eigenvalue weighted by Gasteiger charge is 2.21. The molecule has 3 rings (SSSR count). The first-order valence-corrected chi connectivity index (χ1v) is 10.5. The van der Waals surface area contributed by atoms with Crippen LogP contribution in [0.5, 0.6) is 0 Å². The summed E-state index contributed by atoms with van der Waals surface area (Å²) in [5, 5.41) is 0. The second kappa shape index (κ2) is 7.94. The second-order valence-electron chi connectivity index (χ2n) is 6.88. The Balaban J connectivity index is 2.28. The van der Waals surface area contributed by atoms with Crippen molar-refractivity contribution in [3.8, 4) is 11.1 Å². The van der Waals surface area contributed by atoms with Crippen LogP contribution < -0.4 is 11.3 Å². The number of hydrogen-bond acceptors (Lipinski definition) is 3. The van der Waals surface area contributed by atoms with E-state index in [0.29, 0.717) is 34.4 Å². The lowest BCUT2D eigenvalue weighted by Gasteiger charge is -2.12. The Morgan fingerprint density at radius 1 is 1.28 bits per heavy atom. The molecular formula is C20H24FN4O3S+. The van der Waals surface area contributed by atoms with Gasteiger partial charge in [0, 0.05) is 37.5 Å². The molecule has 0 unspecified atom stereocenters. The molecule has 2 heterocycles. The first-order chi connectivity index (χ1) is 13.7. The van der Waals surface area contributed by atoms with Crippen LogP contribution in [0.3, 0.4) is 0 Å². The molecule has 0 amide bonds. The molecular weight excluding hydrogens is 395 g/mol. The maximum absolute atomic E-state index is 14.2. The largest absolute Gasteiger partial charge is 0.354 e. The summed E-state index contributed by atoms with van der Waals surface area (Å²) in [7, 11) is -0.690. The van der Waals surface area contributed by atoms with Crippen LogP contribution in [0.15, 0.2) is 58.0 Å². The number of halogens is 1. The maximum atomic E-state index is 14.2. The number of aromatic nitrogens is 2. The SMILES string of the molecule is Cc1c(-c2cccc(S(=O)(=O)N(C)C)c2)c2[nH]c(=O)ccc2n1C/C(F)=C/C[NH3+]. The van der Waals surface area contributed by atoms with Crippen molar-refractivity contribution in [3.63, 3.8) is 0 Å². The lowest BCUT2D eigenvalue weighted by Crippen LogP contribution is -2.49. The molecule has 1 aromatic carbocycles. The van der Waals surface area contributed by atoms with Crippen molar-refractivity contribution in [2.24, 2.45) is 0 Å². The first-order valence-electron chi connectivity index (χ1n) is 9.05. The molecule has 0 spiro atoms. The van der Waals surface area contributed by atoms with Crippen LogP contribution in [-0.4, -0.2) is 42.9 Å². The van der Waals surface area contributed by atoms with Crippen molar-refractivity contribution < 1.29 is 18.5 Å². The zero-order chi connectivity index (χ0) is 21.3. The third-order valence-corrected chi connectivity index (χ3v) is 6.59. The fourth-order valence-corrected chi connectivity index (χ4v) is 4.28. The molecule has 0 saturated heterocycles. The Hall–Kier alpha value is -2.75. The van der Waals surface area contributed by atoms with Gasteiger partial charge in [-0.15, -0.1) is 0 Å². The Kier molecular flexibility index (Phi) is 5.74. The van der Waals surface area contributed by atoms with Gasteiger partial charge in [0.2, 0.25) is 15.6 Å². The average molecular weight is 420 g/mol. The number of rotatable bonds is 6. The van der Waals surface area contributed by atoms with Gasteiger partial charge in [0.1, 0.15) is 5.83 Å². The summed E-state index contributed by atoms with van der Waals surface area (Å²) in [5.74, 6) is -0.332. The van der Waals surface area contributed by atoms with Crippen LogP contribution in [0.25, 0.3) is 22.2 Å². The summed E-state index contributed by atoms with van der Waals surface area (Å²) < 4.78 is 42.2. The van der Waals surface area contributed by atoms with Crippen LogP contribution in [0.1, 0.15) is 5.69 Å². The Labute approximate surface area is 168 Å². The summed E-state index contributed by atoms with van der Waals surface area (Å²) >= 11 is 0. The van der Waals surface area contributed by atoms with Crippen molar-refractivity contribution in [2.75, 3.05) is 20.6 Å². The summed E-state index contributed by atoms with van der Waals surface area (Å²) in [5.41, 5.74) is 6.54. The van der Waals surface area contributed by atoms with E-state index < -0.39 is 10.0 Å². The number of nitrogens with zero attached hydrogens (tertiary/aromatic N) is 2. The molecule has 0 atom stereocenters. The minimum Gasteiger partial charge on any atom is -0.354 e. The number of hydrogen-bond donors (Lipinski definition) is 2. The third-order valence-electron chi connectivity index (χ3n) is 4.78. The first kappa shape index (κ1) is 21.0. The number of sulfonamides is 1. The number of allylic oxidation sites excluding steroid dienone is 1. The molecule has 2 aromatic heterocycles. The molecule has 0 fully saturated rings. The van der Waals surface area contributed by atoms with Crippen molar-refractivity contribution >= 4 is 21.1 Å². The Morgan fingerprint density at radius 3 is 2.66 bits per heavy atom. The van der Waals surface area contributed by atoms with Crippen molar-refractivity contribution in [1.29, 1.82) is 0 Å². The van der Waals surface area contributed by atoms with Gasteiger partial charge in [0.05, 0.1) is 29.0 Å². The summed E-state index contributed by atoms with van der Waals surface area (Å²) in [4.78, 5) is 14.9. The second-order valence-corrected chi connectivity index (χ2v) is 9.04. The summed E-state index contributed by atoms with van der Waals surface area (Å²) in [6.45, 7) is 2.15. The van der Waals surface area contributed by atoms with Crippen LogP contribution in [-0.2, 0) is 16.6 Å². The number of nitrogens with one attached hydrogen (secondary N) is 1. The molecule has 0 aliphatic carbocycles. The van der Waals surface area contributed by atoms with Gasteiger partial charge in [0.15, 0.2) is 0 Å². The zero-order valence-corrected chi connectivity index (χ0v) is 17.4. The monoisotopic (exact) mass is 419 g/mol. The Bertz CT molecular complexity index is 1260. The molecule has 3 aromatic rings. The quantitative estimate of drug-likeness (QED) is 0.635. The van der Waals surface area contributed by atoms with Crippen LogP contribution in [0, 0.1) is 6.92 Å². The van der Waals surface area contributed by atoms with E-state index >= 15 is 0 Å². The van der Waals surface area contributed by atoms with Crippen molar-refractivity contribution in [1.82, 2.24) is 13.9 Å². The fraction of sp³-hybridized carbons (Fsp3) is 0.250. The standard InChI is InChI=1S/C20H23FN4O3S/c1-13-19(14-5-4-6-16(11-14)29(27,28)24(2)3)20-17(7-8-18(26)23-20)25(13)12-15(21)9-10-22/h4-9,11H,10,12,22H2,1-3H3,(H,23,26)/p+1/b15-9-. The highest BCUT2D eigenvalue weighted by atomic mass is 32.2. The minimum absolute atomic E-state index is 0.000412. The highest BCUT2D eigenvalue weighted by Crippen LogP contribution is 2.34. The smallest absolute Gasteiger partial charge is 0.248 e. The third kappa shape index (κ3) is 3.89. The van der Waals surface area contributed by atoms with E-state index in [2.05, 4.69) is 10.7 Å². The lowest BCUT2D eigenvalue weighted by atomic mass is 10.1. The highest BCUT2D eigenvalue weighted by molar-refractivity contribution is 7.89. The number of aromatic amines is 1. The fourth-order valence-electron chi connectivity index (χ4n) is 3.33. The molecule has 9 heteroatoms. The van der Waals surface area contributed by atoms with E-state index in [1.54, 1.807) is 28.8 Å². The van der Waals surface area contributed by atoms with Gasteiger partial charge in [-0.25, -0.2) is 17.1 Å². The van der Waals surface area contributed by atoms with Gasteiger partial charge < -0.3 is 15.3 Å². The van der Waals surface area contributed by atoms with Crippen molar-refractivity contribution in [2.45, 2.75) is 18.4 Å². The van der Waals surface area contributed by atoms with Gasteiger partial charge in [-0.1, -0.05) is 12.1 Å². The van der Waals surface area contributed by atoms with Gasteiger partial charge in [-0.05, 0) is 30.7 Å². The van der Waals surface area contributed by atoms with Gasteiger partial charge in [-0.2, -0.15) is 0 Å². The molecule has 0 aliphatic heterocycles. The van der Waals surface area contributed by atoms with E-state index in [-0.39, 0.29) is 22.8 Å². The van der Waals surface area contributed by atoms with E-state index in [1.165, 1.54) is 32.3 Å². The van der Waals surface area contributed by atoms with Crippen LogP contribution >= 0.6 is 0 Å². The normalized spacial score (nSPS) is 12.8. The minimum atomic E-state index is -3.62. The average Bonchev–Trinajstić information content (AvgIpc) is 2.92. The molecule has 0 radical (unpaired) electrons. The Morgan fingerprint density at radius 2 is 2.00 bits per heavy atom. The molecule has 7 nitrogen and oxygen atoms in total. The molecule has 0 aliphatic rings. The number of pyridine rings is 1. The summed E-state index contributed by atoms with van der Waals surface area (Å²) in [6, 6.07) is 9.54. The van der Waals surface area contributed by atoms with Crippen LogP contribution in [0.4, 0.5) is 4.39 Å². The molecule has 154 valence electrons. The van der Waals surface area contributed by atoms with Crippen LogP contribution in [0.2, 0.25) is 0 Å². The predicted molar refractivity (Wildman–Crippen MR) is 111 cm³/mol. The maximum Gasteiger partial charge on any atom is 0.248 e. The molecule has 0 saturated carbocycles. The molecule has 0 bridgehead atoms. The van der Waals surface area contributed by atoms with E-state index in [4.69, 9.17) is 0 Å². The van der Waals surface area contributed by atoms with Gasteiger partial charge >= 0.3 is 0 Å². The zero-order valence-electron chi connectivity index (χ0n) is 16.6. The number of H-pyrrole nitrogens is 1. The lowest BCUT2D eigenvalue weighted by molar-refractivity contribution is -0.353.